The minimum absolute atomic E-state index is 0.0571. The van der Waals surface area contributed by atoms with Crippen LogP contribution in [0.2, 0.25) is 0 Å². The van der Waals surface area contributed by atoms with Crippen LogP contribution in [0.15, 0.2) is 24.3 Å². The predicted molar refractivity (Wildman–Crippen MR) is 69.9 cm³/mol. The molecule has 1 amide bonds. The summed E-state index contributed by atoms with van der Waals surface area (Å²) in [5.41, 5.74) is 0.400. The third kappa shape index (κ3) is 3.63. The summed E-state index contributed by atoms with van der Waals surface area (Å²) in [5, 5.41) is 10.7. The number of nitro benzene ring substituents is 1. The van der Waals surface area contributed by atoms with Gasteiger partial charge in [-0.05, 0) is 12.1 Å². The highest BCUT2D eigenvalue weighted by atomic mass is 79.9. The topological polar surface area (TPSA) is 80.5 Å². The van der Waals surface area contributed by atoms with Crippen LogP contribution in [0.4, 0.5) is 11.4 Å². The lowest BCUT2D eigenvalue weighted by atomic mass is 10.2. The number of amides is 1. The molecule has 1 aromatic carbocycles. The number of halogens is 1. The molecule has 0 fully saturated rings. The van der Waals surface area contributed by atoms with Gasteiger partial charge in [0.1, 0.15) is 0 Å². The van der Waals surface area contributed by atoms with Crippen LogP contribution in [0, 0.1) is 10.1 Å². The van der Waals surface area contributed by atoms with Gasteiger partial charge in [-0.1, -0.05) is 15.9 Å². The molecule has 0 aliphatic rings. The molecule has 0 saturated heterocycles. The summed E-state index contributed by atoms with van der Waals surface area (Å²) < 4.78 is 0. The lowest BCUT2D eigenvalue weighted by molar-refractivity contribution is -0.384. The maximum Gasteiger partial charge on any atom is 0.269 e. The maximum atomic E-state index is 11.4. The van der Waals surface area contributed by atoms with Crippen LogP contribution >= 0.6 is 15.9 Å². The second-order valence-electron chi connectivity index (χ2n) is 3.55. The van der Waals surface area contributed by atoms with Crippen molar-refractivity contribution in [3.05, 3.63) is 34.4 Å². The zero-order valence-electron chi connectivity index (χ0n) is 9.63. The fourth-order valence-electron chi connectivity index (χ4n) is 1.36. The average molecular weight is 315 g/mol. The highest BCUT2D eigenvalue weighted by Gasteiger charge is 2.16. The third-order valence-electron chi connectivity index (χ3n) is 2.24. The molecular weight excluding hydrogens is 304 g/mol. The quantitative estimate of drug-likeness (QED) is 0.472. The van der Waals surface area contributed by atoms with Gasteiger partial charge in [0, 0.05) is 24.7 Å². The van der Waals surface area contributed by atoms with Crippen molar-refractivity contribution >= 4 is 39.0 Å². The minimum atomic E-state index is -0.522. The molecule has 0 atom stereocenters. The number of benzene rings is 1. The Bertz CT molecular complexity index is 472. The van der Waals surface area contributed by atoms with Gasteiger partial charge in [-0.15, -0.1) is 0 Å². The second kappa shape index (κ2) is 6.25. The van der Waals surface area contributed by atoms with E-state index in [9.17, 15) is 19.7 Å². The number of carbonyl (C=O) groups excluding carboxylic acids is 2. The number of Topliss-reactive ketones (excluding diaryl/α,β-unsaturated/α-hetero) is 1. The van der Waals surface area contributed by atoms with Gasteiger partial charge < -0.3 is 4.90 Å². The average Bonchev–Trinajstić information content (AvgIpc) is 2.35. The van der Waals surface area contributed by atoms with E-state index in [1.807, 2.05) is 0 Å². The van der Waals surface area contributed by atoms with E-state index in [0.29, 0.717) is 5.69 Å². The number of rotatable bonds is 5. The number of hydrogen-bond donors (Lipinski definition) is 0. The Balaban J connectivity index is 2.96. The number of alkyl halides is 1. The first-order valence-electron chi connectivity index (χ1n) is 5.06. The summed E-state index contributed by atoms with van der Waals surface area (Å²) in [7, 11) is 0. The van der Waals surface area contributed by atoms with E-state index >= 15 is 0 Å². The first-order chi connectivity index (χ1) is 8.45. The zero-order chi connectivity index (χ0) is 13.7. The molecule has 0 N–H and O–H groups in total. The van der Waals surface area contributed by atoms with Crippen LogP contribution in [0.1, 0.15) is 6.92 Å². The molecule has 0 bridgehead atoms. The second-order valence-corrected chi connectivity index (χ2v) is 4.11. The summed E-state index contributed by atoms with van der Waals surface area (Å²) in [6, 6.07) is 5.48. The van der Waals surface area contributed by atoms with E-state index in [1.54, 1.807) is 0 Å². The number of nitro groups is 1. The van der Waals surface area contributed by atoms with Crippen LogP contribution in [0.3, 0.4) is 0 Å². The van der Waals surface area contributed by atoms with Crippen LogP contribution in [0.25, 0.3) is 0 Å². The van der Waals surface area contributed by atoms with Crippen molar-refractivity contribution in [2.45, 2.75) is 6.92 Å². The van der Waals surface area contributed by atoms with Crippen molar-refractivity contribution in [1.29, 1.82) is 0 Å². The van der Waals surface area contributed by atoms with Gasteiger partial charge in [0.15, 0.2) is 5.78 Å². The van der Waals surface area contributed by atoms with Gasteiger partial charge in [0.2, 0.25) is 5.91 Å². The molecule has 0 saturated carbocycles. The Labute approximate surface area is 112 Å². The van der Waals surface area contributed by atoms with Gasteiger partial charge in [0.25, 0.3) is 5.69 Å². The van der Waals surface area contributed by atoms with Crippen LogP contribution in [-0.4, -0.2) is 28.5 Å². The van der Waals surface area contributed by atoms with Crippen molar-refractivity contribution in [2.75, 3.05) is 16.8 Å². The summed E-state index contributed by atoms with van der Waals surface area (Å²) in [5.74, 6) is -0.443. The van der Waals surface area contributed by atoms with Crippen molar-refractivity contribution in [2.24, 2.45) is 0 Å². The highest BCUT2D eigenvalue weighted by Crippen LogP contribution is 2.19. The molecule has 0 aliphatic carbocycles. The van der Waals surface area contributed by atoms with E-state index in [1.165, 1.54) is 36.1 Å². The fourth-order valence-corrected chi connectivity index (χ4v) is 1.53. The van der Waals surface area contributed by atoms with E-state index in [-0.39, 0.29) is 29.3 Å². The molecule has 0 unspecified atom stereocenters. The number of carbonyl (C=O) groups is 2. The molecule has 1 rings (SSSR count). The molecular formula is C11H11BrN2O4. The van der Waals surface area contributed by atoms with Gasteiger partial charge in [-0.25, -0.2) is 0 Å². The number of anilines is 1. The molecule has 1 aromatic rings. The summed E-state index contributed by atoms with van der Waals surface area (Å²) >= 11 is 3.02. The highest BCUT2D eigenvalue weighted by molar-refractivity contribution is 9.09. The van der Waals surface area contributed by atoms with Crippen molar-refractivity contribution in [3.8, 4) is 0 Å². The molecule has 0 aromatic heterocycles. The van der Waals surface area contributed by atoms with Crippen LogP contribution < -0.4 is 4.90 Å². The van der Waals surface area contributed by atoms with E-state index in [4.69, 9.17) is 0 Å². The van der Waals surface area contributed by atoms with Gasteiger partial charge in [-0.2, -0.15) is 0 Å². The number of nitrogens with zero attached hydrogens (tertiary/aromatic N) is 2. The molecule has 18 heavy (non-hydrogen) atoms. The Hall–Kier alpha value is -1.76. The monoisotopic (exact) mass is 314 g/mol. The number of hydrogen-bond acceptors (Lipinski definition) is 4. The molecule has 0 heterocycles. The molecule has 6 nitrogen and oxygen atoms in total. The number of non-ortho nitro benzene ring substituents is 1. The van der Waals surface area contributed by atoms with E-state index in [0.717, 1.165) is 0 Å². The zero-order valence-corrected chi connectivity index (χ0v) is 11.2. The van der Waals surface area contributed by atoms with Crippen molar-refractivity contribution < 1.29 is 14.5 Å². The Morgan fingerprint density at radius 2 is 1.89 bits per heavy atom. The normalized spacial score (nSPS) is 9.89. The summed E-state index contributed by atoms with van der Waals surface area (Å²) in [6.07, 6.45) is 0. The first kappa shape index (κ1) is 14.3. The Morgan fingerprint density at radius 1 is 1.33 bits per heavy atom. The molecule has 0 spiro atoms. The Kier molecular flexibility index (Phi) is 4.96. The van der Waals surface area contributed by atoms with Crippen LogP contribution in [0.5, 0.6) is 0 Å². The largest absolute Gasteiger partial charge is 0.305 e. The predicted octanol–water partition coefficient (Wildman–Crippen LogP) is 1.91. The summed E-state index contributed by atoms with van der Waals surface area (Å²) in [6.45, 7) is 1.28. The van der Waals surface area contributed by atoms with Gasteiger partial charge in [0.05, 0.1) is 16.8 Å². The fraction of sp³-hybridized carbons (Fsp3) is 0.273. The van der Waals surface area contributed by atoms with Crippen LogP contribution in [-0.2, 0) is 9.59 Å². The molecule has 96 valence electrons. The van der Waals surface area contributed by atoms with E-state index < -0.39 is 4.92 Å². The maximum absolute atomic E-state index is 11.4. The molecule has 0 radical (unpaired) electrons. The molecule has 0 aliphatic heterocycles. The SMILES string of the molecule is CC(=O)N(CC(=O)CBr)c1ccc([N+](=O)[O-])cc1. The van der Waals surface area contributed by atoms with E-state index in [2.05, 4.69) is 15.9 Å². The molecule has 7 heteroatoms. The number of ketones is 1. The first-order valence-corrected chi connectivity index (χ1v) is 6.18. The van der Waals surface area contributed by atoms with Gasteiger partial charge in [-0.3, -0.25) is 19.7 Å². The third-order valence-corrected chi connectivity index (χ3v) is 2.86. The van der Waals surface area contributed by atoms with Crippen molar-refractivity contribution in [1.82, 2.24) is 0 Å². The Morgan fingerprint density at radius 3 is 2.28 bits per heavy atom. The lowest BCUT2D eigenvalue weighted by Gasteiger charge is -2.19. The van der Waals surface area contributed by atoms with Gasteiger partial charge >= 0.3 is 0 Å². The smallest absolute Gasteiger partial charge is 0.269 e. The minimum Gasteiger partial charge on any atom is -0.305 e. The lowest BCUT2D eigenvalue weighted by Crippen LogP contribution is -2.34. The summed E-state index contributed by atoms with van der Waals surface area (Å²) in [4.78, 5) is 34.0. The van der Waals surface area contributed by atoms with Crippen molar-refractivity contribution in [3.63, 3.8) is 0 Å². The standard InChI is InChI=1S/C11H11BrN2O4/c1-8(15)13(7-11(16)6-12)9-2-4-10(5-3-9)14(17)18/h2-5H,6-7H2,1H3.